The van der Waals surface area contributed by atoms with E-state index in [0.29, 0.717) is 24.6 Å². The van der Waals surface area contributed by atoms with Crippen LogP contribution in [0.2, 0.25) is 0 Å². The van der Waals surface area contributed by atoms with Crippen LogP contribution in [0.4, 0.5) is 0 Å². The summed E-state index contributed by atoms with van der Waals surface area (Å²) in [6, 6.07) is 9.07. The molecule has 2 fully saturated rings. The lowest BCUT2D eigenvalue weighted by Gasteiger charge is -2.32. The van der Waals surface area contributed by atoms with Crippen LogP contribution in [0.3, 0.4) is 0 Å². The Morgan fingerprint density at radius 3 is 2.71 bits per heavy atom. The zero-order valence-electron chi connectivity index (χ0n) is 15.7. The Hall–Kier alpha value is -2.90. The molecule has 8 nitrogen and oxygen atoms in total. The number of carbonyl (C=O) groups is 2. The Morgan fingerprint density at radius 2 is 1.96 bits per heavy atom. The van der Waals surface area contributed by atoms with Crippen LogP contribution in [0.1, 0.15) is 25.7 Å². The summed E-state index contributed by atoms with van der Waals surface area (Å²) in [4.78, 5) is 38.7. The number of nitrogens with one attached hydrogen (secondary N) is 1. The van der Waals surface area contributed by atoms with Gasteiger partial charge in [-0.3, -0.25) is 9.59 Å². The van der Waals surface area contributed by atoms with E-state index in [-0.39, 0.29) is 30.2 Å². The van der Waals surface area contributed by atoms with Gasteiger partial charge in [-0.2, -0.15) is 4.68 Å². The van der Waals surface area contributed by atoms with E-state index < -0.39 is 5.76 Å². The van der Waals surface area contributed by atoms with Gasteiger partial charge in [-0.25, -0.2) is 4.79 Å². The molecule has 0 spiro atoms. The molecule has 0 radical (unpaired) electrons. The summed E-state index contributed by atoms with van der Waals surface area (Å²) in [5, 5.41) is 7.13. The van der Waals surface area contributed by atoms with Crippen molar-refractivity contribution in [2.45, 2.75) is 32.2 Å². The third-order valence-corrected chi connectivity index (χ3v) is 5.32. The van der Waals surface area contributed by atoms with E-state index in [4.69, 9.17) is 4.42 Å². The lowest BCUT2D eigenvalue weighted by Crippen LogP contribution is -2.47. The number of rotatable bonds is 6. The van der Waals surface area contributed by atoms with Crippen LogP contribution in [0.5, 0.6) is 0 Å². The molecule has 1 aliphatic carbocycles. The number of benzene rings is 1. The first-order valence-corrected chi connectivity index (χ1v) is 9.79. The van der Waals surface area contributed by atoms with Crippen LogP contribution in [-0.2, 0) is 16.1 Å². The summed E-state index contributed by atoms with van der Waals surface area (Å²) < 4.78 is 6.21. The lowest BCUT2D eigenvalue weighted by molar-refractivity contribution is -0.136. The Morgan fingerprint density at radius 1 is 1.18 bits per heavy atom. The maximum atomic E-state index is 12.7. The van der Waals surface area contributed by atoms with Gasteiger partial charge in [0.15, 0.2) is 0 Å². The molecular weight excluding hydrogens is 360 g/mol. The molecular formula is C20H24N4O4. The Labute approximate surface area is 162 Å². The van der Waals surface area contributed by atoms with Gasteiger partial charge in [-0.05, 0) is 43.7 Å². The number of piperidine rings is 1. The largest absolute Gasteiger partial charge is 0.437 e. The second-order valence-electron chi connectivity index (χ2n) is 7.56. The summed E-state index contributed by atoms with van der Waals surface area (Å²) in [7, 11) is 0. The van der Waals surface area contributed by atoms with Crippen molar-refractivity contribution >= 4 is 11.8 Å². The monoisotopic (exact) mass is 384 g/mol. The zero-order valence-corrected chi connectivity index (χ0v) is 15.7. The van der Waals surface area contributed by atoms with E-state index in [2.05, 4.69) is 10.4 Å². The number of hydrogen-bond acceptors (Lipinski definition) is 5. The van der Waals surface area contributed by atoms with E-state index >= 15 is 0 Å². The minimum absolute atomic E-state index is 0.0226. The molecule has 1 aromatic heterocycles. The SMILES string of the molecule is O=C(NCC1CC1)C1CCCN(C(=O)Cn2nc(-c3ccccc3)oc2=O)C1. The molecule has 1 saturated carbocycles. The van der Waals surface area contributed by atoms with Gasteiger partial charge in [0.25, 0.3) is 0 Å². The van der Waals surface area contributed by atoms with Crippen LogP contribution < -0.4 is 11.1 Å². The van der Waals surface area contributed by atoms with Crippen LogP contribution in [0.25, 0.3) is 11.5 Å². The van der Waals surface area contributed by atoms with Crippen LogP contribution >= 0.6 is 0 Å². The topological polar surface area (TPSA) is 97.4 Å². The first kappa shape index (κ1) is 18.5. The minimum Gasteiger partial charge on any atom is -0.388 e. The van der Waals surface area contributed by atoms with Gasteiger partial charge >= 0.3 is 5.76 Å². The third-order valence-electron chi connectivity index (χ3n) is 5.32. The number of carbonyl (C=O) groups excluding carboxylic acids is 2. The van der Waals surface area contributed by atoms with Crippen molar-refractivity contribution in [3.05, 3.63) is 40.9 Å². The van der Waals surface area contributed by atoms with Crippen molar-refractivity contribution in [1.82, 2.24) is 20.0 Å². The summed E-state index contributed by atoms with van der Waals surface area (Å²) in [6.07, 6.45) is 3.93. The summed E-state index contributed by atoms with van der Waals surface area (Å²) in [5.41, 5.74) is 0.677. The number of nitrogens with zero attached hydrogens (tertiary/aromatic N) is 3. The molecule has 148 valence electrons. The highest BCUT2D eigenvalue weighted by Crippen LogP contribution is 2.28. The summed E-state index contributed by atoms with van der Waals surface area (Å²) >= 11 is 0. The number of amides is 2. The van der Waals surface area contributed by atoms with Gasteiger partial charge in [0.1, 0.15) is 6.54 Å². The fourth-order valence-electron chi connectivity index (χ4n) is 3.46. The van der Waals surface area contributed by atoms with E-state index in [1.54, 1.807) is 17.0 Å². The second-order valence-corrected chi connectivity index (χ2v) is 7.56. The fraction of sp³-hybridized carbons (Fsp3) is 0.500. The van der Waals surface area contributed by atoms with Gasteiger partial charge in [0.2, 0.25) is 17.7 Å². The van der Waals surface area contributed by atoms with Crippen molar-refractivity contribution in [3.8, 4) is 11.5 Å². The summed E-state index contributed by atoms with van der Waals surface area (Å²) in [5.74, 6) is -0.241. The van der Waals surface area contributed by atoms with E-state index in [0.717, 1.165) is 24.1 Å². The average molecular weight is 384 g/mol. The van der Waals surface area contributed by atoms with Crippen molar-refractivity contribution in [2.24, 2.45) is 11.8 Å². The molecule has 1 N–H and O–H groups in total. The summed E-state index contributed by atoms with van der Waals surface area (Å²) in [6.45, 7) is 1.52. The molecule has 28 heavy (non-hydrogen) atoms. The molecule has 2 amide bonds. The van der Waals surface area contributed by atoms with Gasteiger partial charge in [0, 0.05) is 25.2 Å². The average Bonchev–Trinajstić information content (AvgIpc) is 3.49. The highest BCUT2D eigenvalue weighted by atomic mass is 16.4. The smallest absolute Gasteiger partial charge is 0.388 e. The van der Waals surface area contributed by atoms with E-state index in [1.165, 1.54) is 12.8 Å². The lowest BCUT2D eigenvalue weighted by atomic mass is 9.97. The number of hydrogen-bond donors (Lipinski definition) is 1. The predicted octanol–water partition coefficient (Wildman–Crippen LogP) is 1.27. The molecule has 4 rings (SSSR count). The van der Waals surface area contributed by atoms with E-state index in [1.807, 2.05) is 18.2 Å². The fourth-order valence-corrected chi connectivity index (χ4v) is 3.46. The molecule has 1 atom stereocenters. The number of likely N-dealkylation sites (tertiary alicyclic amines) is 1. The third kappa shape index (κ3) is 4.32. The Bertz CT molecular complexity index is 900. The molecule has 0 bridgehead atoms. The standard InChI is InChI=1S/C20H24N4O4/c25-17(13-24-20(27)28-19(22-24)15-5-2-1-3-6-15)23-10-4-7-16(12-23)18(26)21-11-14-8-9-14/h1-3,5-6,14,16H,4,7-13H2,(H,21,26). The first-order chi connectivity index (χ1) is 13.6. The van der Waals surface area contributed by atoms with Crippen LogP contribution in [-0.4, -0.2) is 46.1 Å². The molecule has 2 aliphatic rings. The molecule has 1 aromatic carbocycles. The molecule has 2 aromatic rings. The van der Waals surface area contributed by atoms with Crippen molar-refractivity contribution in [2.75, 3.05) is 19.6 Å². The van der Waals surface area contributed by atoms with Gasteiger partial charge in [0.05, 0.1) is 5.92 Å². The molecule has 2 heterocycles. The maximum absolute atomic E-state index is 12.7. The second kappa shape index (κ2) is 8.00. The minimum atomic E-state index is -0.664. The number of aromatic nitrogens is 2. The normalized spacial score (nSPS) is 19.4. The van der Waals surface area contributed by atoms with Crippen molar-refractivity contribution in [3.63, 3.8) is 0 Å². The highest BCUT2D eigenvalue weighted by molar-refractivity contribution is 5.81. The first-order valence-electron chi connectivity index (χ1n) is 9.79. The highest BCUT2D eigenvalue weighted by Gasteiger charge is 2.30. The quantitative estimate of drug-likeness (QED) is 0.809. The molecule has 1 saturated heterocycles. The van der Waals surface area contributed by atoms with Gasteiger partial charge in [-0.1, -0.05) is 18.2 Å². The Balaban J connectivity index is 1.37. The maximum Gasteiger partial charge on any atom is 0.437 e. The molecule has 1 unspecified atom stereocenters. The Kier molecular flexibility index (Phi) is 5.27. The molecule has 8 heteroatoms. The predicted molar refractivity (Wildman–Crippen MR) is 101 cm³/mol. The van der Waals surface area contributed by atoms with Gasteiger partial charge < -0.3 is 14.6 Å². The van der Waals surface area contributed by atoms with Gasteiger partial charge in [-0.15, -0.1) is 5.10 Å². The van der Waals surface area contributed by atoms with E-state index in [9.17, 15) is 14.4 Å². The van der Waals surface area contributed by atoms with Crippen molar-refractivity contribution in [1.29, 1.82) is 0 Å². The van der Waals surface area contributed by atoms with Crippen LogP contribution in [0, 0.1) is 11.8 Å². The van der Waals surface area contributed by atoms with Crippen molar-refractivity contribution < 1.29 is 14.0 Å². The zero-order chi connectivity index (χ0) is 19.5. The molecule has 1 aliphatic heterocycles. The van der Waals surface area contributed by atoms with Crippen LogP contribution in [0.15, 0.2) is 39.5 Å².